The van der Waals surface area contributed by atoms with Crippen molar-refractivity contribution in [3.63, 3.8) is 0 Å². The zero-order valence-electron chi connectivity index (χ0n) is 11.7. The maximum absolute atomic E-state index is 11.6. The van der Waals surface area contributed by atoms with Gasteiger partial charge in [0.2, 0.25) is 5.91 Å². The van der Waals surface area contributed by atoms with Gasteiger partial charge in [0.05, 0.1) is 19.1 Å². The minimum Gasteiger partial charge on any atom is -0.464 e. The van der Waals surface area contributed by atoms with Crippen molar-refractivity contribution in [3.8, 4) is 0 Å². The molecule has 0 saturated carbocycles. The van der Waals surface area contributed by atoms with Crippen LogP contribution in [0.25, 0.3) is 0 Å². The normalized spacial score (nSPS) is 20.1. The minimum atomic E-state index is -0.612. The summed E-state index contributed by atoms with van der Waals surface area (Å²) in [6.45, 7) is 2.52. The highest BCUT2D eigenvalue weighted by molar-refractivity contribution is 5.85. The number of aliphatic hydroxyl groups is 1. The smallest absolute Gasteiger partial charge is 0.328 e. The van der Waals surface area contributed by atoms with Gasteiger partial charge in [-0.15, -0.1) is 0 Å². The van der Waals surface area contributed by atoms with Gasteiger partial charge in [0.25, 0.3) is 0 Å². The van der Waals surface area contributed by atoms with Crippen LogP contribution in [0.2, 0.25) is 0 Å². The SMILES string of the molecule is CCCCCCC[C@H](O)CC(=O)N[C@@H]1CCOC1=O. The first kappa shape index (κ1) is 16.0. The molecule has 0 spiro atoms. The fraction of sp³-hybridized carbons (Fsp3) is 0.857. The number of rotatable bonds is 9. The molecule has 1 saturated heterocycles. The van der Waals surface area contributed by atoms with Gasteiger partial charge in [0.1, 0.15) is 6.04 Å². The summed E-state index contributed by atoms with van der Waals surface area (Å²) in [5.74, 6) is -0.646. The molecule has 1 amide bonds. The third kappa shape index (κ3) is 6.57. The number of hydrogen-bond acceptors (Lipinski definition) is 4. The van der Waals surface area contributed by atoms with E-state index in [1.54, 1.807) is 0 Å². The molecule has 1 aliphatic heterocycles. The summed E-state index contributed by atoms with van der Waals surface area (Å²) in [6, 6.07) is -0.524. The monoisotopic (exact) mass is 271 g/mol. The molecule has 0 aromatic heterocycles. The Morgan fingerprint density at radius 1 is 1.42 bits per heavy atom. The molecule has 19 heavy (non-hydrogen) atoms. The van der Waals surface area contributed by atoms with Crippen LogP contribution in [-0.2, 0) is 14.3 Å². The van der Waals surface area contributed by atoms with Crippen molar-refractivity contribution < 1.29 is 19.4 Å². The van der Waals surface area contributed by atoms with Crippen LogP contribution in [0.5, 0.6) is 0 Å². The molecule has 1 fully saturated rings. The maximum Gasteiger partial charge on any atom is 0.328 e. The van der Waals surface area contributed by atoms with Gasteiger partial charge in [-0.3, -0.25) is 4.79 Å². The van der Waals surface area contributed by atoms with Gasteiger partial charge < -0.3 is 15.2 Å². The summed E-state index contributed by atoms with van der Waals surface area (Å²) < 4.78 is 4.76. The molecule has 2 N–H and O–H groups in total. The number of aliphatic hydroxyl groups excluding tert-OH is 1. The quantitative estimate of drug-likeness (QED) is 0.492. The first-order valence-corrected chi connectivity index (χ1v) is 7.27. The molecule has 0 radical (unpaired) electrons. The van der Waals surface area contributed by atoms with Crippen molar-refractivity contribution in [2.75, 3.05) is 6.61 Å². The van der Waals surface area contributed by atoms with Crippen LogP contribution in [0.15, 0.2) is 0 Å². The number of carbonyl (C=O) groups excluding carboxylic acids is 2. The van der Waals surface area contributed by atoms with Gasteiger partial charge in [-0.05, 0) is 6.42 Å². The van der Waals surface area contributed by atoms with Crippen molar-refractivity contribution >= 4 is 11.9 Å². The van der Waals surface area contributed by atoms with Crippen LogP contribution in [0, 0.1) is 0 Å². The van der Waals surface area contributed by atoms with Gasteiger partial charge in [-0.25, -0.2) is 4.79 Å². The van der Waals surface area contributed by atoms with Gasteiger partial charge in [0.15, 0.2) is 0 Å². The van der Waals surface area contributed by atoms with E-state index in [1.807, 2.05) is 0 Å². The molecule has 0 aromatic rings. The Kier molecular flexibility index (Phi) is 7.48. The number of hydrogen-bond donors (Lipinski definition) is 2. The van der Waals surface area contributed by atoms with Crippen LogP contribution in [0.1, 0.15) is 58.3 Å². The van der Waals surface area contributed by atoms with Crippen molar-refractivity contribution in [3.05, 3.63) is 0 Å². The Hall–Kier alpha value is -1.10. The van der Waals surface area contributed by atoms with E-state index in [9.17, 15) is 14.7 Å². The Morgan fingerprint density at radius 3 is 2.79 bits per heavy atom. The molecule has 110 valence electrons. The number of unbranched alkanes of at least 4 members (excludes halogenated alkanes) is 4. The predicted octanol–water partition coefficient (Wildman–Crippen LogP) is 1.53. The second-order valence-corrected chi connectivity index (χ2v) is 5.14. The maximum atomic E-state index is 11.6. The minimum absolute atomic E-state index is 0.0670. The Morgan fingerprint density at radius 2 is 2.16 bits per heavy atom. The highest BCUT2D eigenvalue weighted by atomic mass is 16.5. The summed E-state index contributed by atoms with van der Waals surface area (Å²) in [5, 5.41) is 12.3. The van der Waals surface area contributed by atoms with Crippen molar-refractivity contribution in [1.82, 2.24) is 5.32 Å². The van der Waals surface area contributed by atoms with Crippen LogP contribution in [0.3, 0.4) is 0 Å². The summed E-state index contributed by atoms with van der Waals surface area (Å²) in [5.41, 5.74) is 0. The number of nitrogens with one attached hydrogen (secondary N) is 1. The number of amides is 1. The van der Waals surface area contributed by atoms with Crippen molar-refractivity contribution in [2.24, 2.45) is 0 Å². The molecule has 2 atom stereocenters. The lowest BCUT2D eigenvalue weighted by atomic mass is 10.1. The fourth-order valence-corrected chi connectivity index (χ4v) is 2.18. The number of cyclic esters (lactones) is 1. The molecule has 1 aliphatic rings. The lowest BCUT2D eigenvalue weighted by Gasteiger charge is -2.12. The molecule has 5 heteroatoms. The van der Waals surface area contributed by atoms with E-state index in [0.29, 0.717) is 19.4 Å². The lowest BCUT2D eigenvalue weighted by Crippen LogP contribution is -2.39. The van der Waals surface area contributed by atoms with Crippen LogP contribution >= 0.6 is 0 Å². The van der Waals surface area contributed by atoms with Gasteiger partial charge in [-0.1, -0.05) is 39.0 Å². The second kappa shape index (κ2) is 8.91. The topological polar surface area (TPSA) is 75.6 Å². The molecule has 0 aromatic carbocycles. The molecular formula is C14H25NO4. The number of carbonyl (C=O) groups is 2. The molecule has 1 heterocycles. The van der Waals surface area contributed by atoms with E-state index in [-0.39, 0.29) is 18.3 Å². The second-order valence-electron chi connectivity index (χ2n) is 5.14. The summed E-state index contributed by atoms with van der Waals surface area (Å²) in [7, 11) is 0. The van der Waals surface area contributed by atoms with Crippen molar-refractivity contribution in [1.29, 1.82) is 0 Å². The van der Waals surface area contributed by atoms with E-state index in [4.69, 9.17) is 4.74 Å². The summed E-state index contributed by atoms with van der Waals surface area (Å²) in [6.07, 6.45) is 6.27. The first-order chi connectivity index (χ1) is 9.13. The third-order valence-corrected chi connectivity index (χ3v) is 3.33. The predicted molar refractivity (Wildman–Crippen MR) is 71.5 cm³/mol. The number of ether oxygens (including phenoxy) is 1. The summed E-state index contributed by atoms with van der Waals surface area (Å²) >= 11 is 0. The first-order valence-electron chi connectivity index (χ1n) is 7.27. The summed E-state index contributed by atoms with van der Waals surface area (Å²) in [4.78, 5) is 22.8. The molecule has 5 nitrogen and oxygen atoms in total. The van der Waals surface area contributed by atoms with E-state index < -0.39 is 12.1 Å². The van der Waals surface area contributed by atoms with Gasteiger partial charge >= 0.3 is 5.97 Å². The Bertz CT molecular complexity index is 293. The van der Waals surface area contributed by atoms with E-state index in [0.717, 1.165) is 12.8 Å². The highest BCUT2D eigenvalue weighted by Gasteiger charge is 2.28. The average molecular weight is 271 g/mol. The zero-order valence-corrected chi connectivity index (χ0v) is 11.7. The lowest BCUT2D eigenvalue weighted by molar-refractivity contribution is -0.141. The molecule has 0 unspecified atom stereocenters. The average Bonchev–Trinajstić information content (AvgIpc) is 2.74. The van der Waals surface area contributed by atoms with Gasteiger partial charge in [-0.2, -0.15) is 0 Å². The third-order valence-electron chi connectivity index (χ3n) is 3.33. The van der Waals surface area contributed by atoms with E-state index in [2.05, 4.69) is 12.2 Å². The zero-order chi connectivity index (χ0) is 14.1. The largest absolute Gasteiger partial charge is 0.464 e. The van der Waals surface area contributed by atoms with Gasteiger partial charge in [0, 0.05) is 6.42 Å². The Labute approximate surface area is 114 Å². The molecule has 0 bridgehead atoms. The highest BCUT2D eigenvalue weighted by Crippen LogP contribution is 2.10. The molecular weight excluding hydrogens is 246 g/mol. The molecule has 1 rings (SSSR count). The standard InChI is InChI=1S/C14H25NO4/c1-2-3-4-5-6-7-11(16)10-13(17)15-12-8-9-19-14(12)18/h11-12,16H,2-10H2,1H3,(H,15,17)/t11-,12+/m0/s1. The number of esters is 1. The van der Waals surface area contributed by atoms with Crippen LogP contribution < -0.4 is 5.32 Å². The van der Waals surface area contributed by atoms with Crippen LogP contribution in [0.4, 0.5) is 0 Å². The van der Waals surface area contributed by atoms with E-state index >= 15 is 0 Å². The Balaban J connectivity index is 2.08. The molecule has 0 aliphatic carbocycles. The van der Waals surface area contributed by atoms with Crippen molar-refractivity contribution in [2.45, 2.75) is 70.4 Å². The van der Waals surface area contributed by atoms with E-state index in [1.165, 1.54) is 19.3 Å². The fourth-order valence-electron chi connectivity index (χ4n) is 2.18. The van der Waals surface area contributed by atoms with Crippen LogP contribution in [-0.4, -0.2) is 35.7 Å².